The Labute approximate surface area is 99.1 Å². The molecule has 16 heavy (non-hydrogen) atoms. The zero-order valence-corrected chi connectivity index (χ0v) is 9.82. The van der Waals surface area contributed by atoms with E-state index >= 15 is 0 Å². The molecule has 2 rings (SSSR count). The fourth-order valence-corrected chi connectivity index (χ4v) is 1.75. The van der Waals surface area contributed by atoms with E-state index in [2.05, 4.69) is 9.97 Å². The van der Waals surface area contributed by atoms with Crippen LogP contribution < -0.4 is 4.74 Å². The number of aryl methyl sites for hydroxylation is 1. The Morgan fingerprint density at radius 1 is 1.25 bits per heavy atom. The maximum atomic E-state index is 6.02. The van der Waals surface area contributed by atoms with Crippen molar-refractivity contribution in [2.45, 2.75) is 6.92 Å². The van der Waals surface area contributed by atoms with Crippen molar-refractivity contribution in [1.82, 2.24) is 9.97 Å². The van der Waals surface area contributed by atoms with Gasteiger partial charge < -0.3 is 4.74 Å². The summed E-state index contributed by atoms with van der Waals surface area (Å²) in [5, 5.41) is 0.461. The average molecular weight is 235 g/mol. The minimum atomic E-state index is 0.461. The number of halogens is 1. The standard InChI is InChI=1S/C12H11ClN2O/c1-8-5-9(16-2)3-4-10(8)11-6-14-7-15-12(11)13/h3-7H,1-2H3. The molecule has 0 saturated carbocycles. The molecule has 0 aliphatic rings. The first kappa shape index (κ1) is 10.9. The molecule has 0 unspecified atom stereocenters. The van der Waals surface area contributed by atoms with Crippen LogP contribution in [-0.2, 0) is 0 Å². The zero-order valence-electron chi connectivity index (χ0n) is 9.07. The van der Waals surface area contributed by atoms with Gasteiger partial charge in [-0.15, -0.1) is 0 Å². The number of ether oxygens (including phenoxy) is 1. The van der Waals surface area contributed by atoms with Gasteiger partial charge in [-0.05, 0) is 30.2 Å². The van der Waals surface area contributed by atoms with E-state index in [4.69, 9.17) is 16.3 Å². The van der Waals surface area contributed by atoms with Gasteiger partial charge in [-0.2, -0.15) is 0 Å². The zero-order chi connectivity index (χ0) is 11.5. The summed E-state index contributed by atoms with van der Waals surface area (Å²) in [5.41, 5.74) is 2.94. The summed E-state index contributed by atoms with van der Waals surface area (Å²) >= 11 is 6.02. The molecule has 0 atom stereocenters. The van der Waals surface area contributed by atoms with E-state index in [1.807, 2.05) is 25.1 Å². The molecule has 0 bridgehead atoms. The largest absolute Gasteiger partial charge is 0.497 e. The van der Waals surface area contributed by atoms with Crippen LogP contribution in [0.3, 0.4) is 0 Å². The van der Waals surface area contributed by atoms with Crippen molar-refractivity contribution >= 4 is 11.6 Å². The Morgan fingerprint density at radius 2 is 2.06 bits per heavy atom. The topological polar surface area (TPSA) is 35.0 Å². The molecule has 0 N–H and O–H groups in total. The third-order valence-corrected chi connectivity index (χ3v) is 2.69. The van der Waals surface area contributed by atoms with E-state index in [9.17, 15) is 0 Å². The van der Waals surface area contributed by atoms with Crippen LogP contribution >= 0.6 is 11.6 Å². The Balaban J connectivity index is 2.53. The molecule has 1 aromatic heterocycles. The molecule has 2 aromatic rings. The predicted molar refractivity (Wildman–Crippen MR) is 63.8 cm³/mol. The Bertz CT molecular complexity index is 514. The maximum Gasteiger partial charge on any atom is 0.140 e. The van der Waals surface area contributed by atoms with E-state index in [0.29, 0.717) is 5.15 Å². The molecule has 1 heterocycles. The Morgan fingerprint density at radius 3 is 2.69 bits per heavy atom. The van der Waals surface area contributed by atoms with E-state index in [1.165, 1.54) is 6.33 Å². The van der Waals surface area contributed by atoms with Crippen LogP contribution in [0.4, 0.5) is 0 Å². The number of hydrogen-bond acceptors (Lipinski definition) is 3. The molecule has 3 nitrogen and oxygen atoms in total. The van der Waals surface area contributed by atoms with Crippen LogP contribution in [-0.4, -0.2) is 17.1 Å². The summed E-state index contributed by atoms with van der Waals surface area (Å²) < 4.78 is 5.15. The molecular weight excluding hydrogens is 224 g/mol. The number of hydrogen-bond donors (Lipinski definition) is 0. The molecule has 0 saturated heterocycles. The van der Waals surface area contributed by atoms with Gasteiger partial charge in [0.05, 0.1) is 7.11 Å². The van der Waals surface area contributed by atoms with Crippen molar-refractivity contribution in [2.24, 2.45) is 0 Å². The molecule has 0 radical (unpaired) electrons. The van der Waals surface area contributed by atoms with Crippen LogP contribution in [0.2, 0.25) is 5.15 Å². The van der Waals surface area contributed by atoms with Gasteiger partial charge in [-0.3, -0.25) is 0 Å². The minimum absolute atomic E-state index is 0.461. The first-order valence-electron chi connectivity index (χ1n) is 4.83. The van der Waals surface area contributed by atoms with Gasteiger partial charge in [-0.1, -0.05) is 17.7 Å². The molecule has 0 aliphatic heterocycles. The van der Waals surface area contributed by atoms with E-state index < -0.39 is 0 Å². The third-order valence-electron chi connectivity index (χ3n) is 2.39. The summed E-state index contributed by atoms with van der Waals surface area (Å²) in [6.45, 7) is 2.00. The third kappa shape index (κ3) is 1.99. The van der Waals surface area contributed by atoms with Crippen molar-refractivity contribution in [3.05, 3.63) is 41.4 Å². The molecule has 0 aliphatic carbocycles. The van der Waals surface area contributed by atoms with Crippen LogP contribution in [0, 0.1) is 6.92 Å². The number of benzene rings is 1. The molecule has 1 aromatic carbocycles. The van der Waals surface area contributed by atoms with Crippen molar-refractivity contribution in [2.75, 3.05) is 7.11 Å². The number of rotatable bonds is 2. The molecule has 0 spiro atoms. The van der Waals surface area contributed by atoms with Gasteiger partial charge in [0.15, 0.2) is 0 Å². The number of nitrogens with zero attached hydrogens (tertiary/aromatic N) is 2. The van der Waals surface area contributed by atoms with Gasteiger partial charge >= 0.3 is 0 Å². The van der Waals surface area contributed by atoms with Crippen molar-refractivity contribution < 1.29 is 4.74 Å². The van der Waals surface area contributed by atoms with Gasteiger partial charge in [-0.25, -0.2) is 9.97 Å². The van der Waals surface area contributed by atoms with Gasteiger partial charge in [0.2, 0.25) is 0 Å². The maximum absolute atomic E-state index is 6.02. The van der Waals surface area contributed by atoms with Gasteiger partial charge in [0.1, 0.15) is 17.2 Å². The lowest BCUT2D eigenvalue weighted by molar-refractivity contribution is 0.414. The van der Waals surface area contributed by atoms with Crippen LogP contribution in [0.15, 0.2) is 30.7 Å². The summed E-state index contributed by atoms with van der Waals surface area (Å²) in [6, 6.07) is 5.81. The van der Waals surface area contributed by atoms with Gasteiger partial charge in [0, 0.05) is 11.8 Å². The number of methoxy groups -OCH3 is 1. The highest BCUT2D eigenvalue weighted by Crippen LogP contribution is 2.29. The van der Waals surface area contributed by atoms with E-state index in [-0.39, 0.29) is 0 Å². The molecule has 0 amide bonds. The second-order valence-electron chi connectivity index (χ2n) is 3.41. The lowest BCUT2D eigenvalue weighted by atomic mass is 10.0. The summed E-state index contributed by atoms with van der Waals surface area (Å²) in [6.07, 6.45) is 3.15. The van der Waals surface area contributed by atoms with E-state index in [0.717, 1.165) is 22.4 Å². The first-order chi connectivity index (χ1) is 7.72. The second-order valence-corrected chi connectivity index (χ2v) is 3.77. The average Bonchev–Trinajstić information content (AvgIpc) is 2.30. The molecule has 4 heteroatoms. The van der Waals surface area contributed by atoms with Crippen molar-refractivity contribution in [1.29, 1.82) is 0 Å². The normalized spacial score (nSPS) is 10.2. The number of aromatic nitrogens is 2. The highest BCUT2D eigenvalue weighted by Gasteiger charge is 2.07. The highest BCUT2D eigenvalue weighted by atomic mass is 35.5. The summed E-state index contributed by atoms with van der Waals surface area (Å²) in [5.74, 6) is 0.828. The van der Waals surface area contributed by atoms with Crippen LogP contribution in [0.25, 0.3) is 11.1 Å². The molecule has 82 valence electrons. The minimum Gasteiger partial charge on any atom is -0.497 e. The van der Waals surface area contributed by atoms with Crippen LogP contribution in [0.5, 0.6) is 5.75 Å². The van der Waals surface area contributed by atoms with E-state index in [1.54, 1.807) is 13.3 Å². The fourth-order valence-electron chi connectivity index (χ4n) is 1.56. The van der Waals surface area contributed by atoms with Crippen molar-refractivity contribution in [3.8, 4) is 16.9 Å². The first-order valence-corrected chi connectivity index (χ1v) is 5.20. The quantitative estimate of drug-likeness (QED) is 0.749. The second kappa shape index (κ2) is 4.49. The molecular formula is C12H11ClN2O. The highest BCUT2D eigenvalue weighted by molar-refractivity contribution is 6.32. The smallest absolute Gasteiger partial charge is 0.140 e. The fraction of sp³-hybridized carbons (Fsp3) is 0.167. The summed E-state index contributed by atoms with van der Waals surface area (Å²) in [4.78, 5) is 7.94. The Hall–Kier alpha value is -1.61. The lowest BCUT2D eigenvalue weighted by Crippen LogP contribution is -1.90. The van der Waals surface area contributed by atoms with Gasteiger partial charge in [0.25, 0.3) is 0 Å². The monoisotopic (exact) mass is 234 g/mol. The molecule has 0 fully saturated rings. The lowest BCUT2D eigenvalue weighted by Gasteiger charge is -2.08. The van der Waals surface area contributed by atoms with Crippen molar-refractivity contribution in [3.63, 3.8) is 0 Å². The van der Waals surface area contributed by atoms with Crippen LogP contribution in [0.1, 0.15) is 5.56 Å². The predicted octanol–water partition coefficient (Wildman–Crippen LogP) is 3.11. The Kier molecular flexibility index (Phi) is 3.06. The SMILES string of the molecule is COc1ccc(-c2cncnc2Cl)c(C)c1. The summed E-state index contributed by atoms with van der Waals surface area (Å²) in [7, 11) is 1.65.